The molecule has 0 atom stereocenters. The fourth-order valence-corrected chi connectivity index (χ4v) is 2.56. The maximum atomic E-state index is 4.56. The summed E-state index contributed by atoms with van der Waals surface area (Å²) in [7, 11) is 0. The van der Waals surface area contributed by atoms with Gasteiger partial charge in [-0.15, -0.1) is 5.10 Å². The summed E-state index contributed by atoms with van der Waals surface area (Å²) in [6.45, 7) is 5.27. The summed E-state index contributed by atoms with van der Waals surface area (Å²) in [4.78, 5) is 9.33. The van der Waals surface area contributed by atoms with Crippen molar-refractivity contribution in [2.75, 3.05) is 11.9 Å². The molecule has 1 N–H and O–H groups in total. The van der Waals surface area contributed by atoms with E-state index in [0.29, 0.717) is 5.92 Å². The second kappa shape index (κ2) is 4.97. The van der Waals surface area contributed by atoms with Gasteiger partial charge in [0.2, 0.25) is 10.1 Å². The van der Waals surface area contributed by atoms with Gasteiger partial charge in [0, 0.05) is 24.5 Å². The first kappa shape index (κ1) is 12.1. The number of rotatable bonds is 4. The van der Waals surface area contributed by atoms with Gasteiger partial charge in [0.1, 0.15) is 0 Å². The first-order valence-electron chi connectivity index (χ1n) is 6.23. The van der Waals surface area contributed by atoms with E-state index in [2.05, 4.69) is 34.2 Å². The van der Waals surface area contributed by atoms with Gasteiger partial charge in [-0.3, -0.25) is 4.98 Å². The van der Waals surface area contributed by atoms with E-state index >= 15 is 0 Å². The molecule has 19 heavy (non-hydrogen) atoms. The van der Waals surface area contributed by atoms with E-state index in [1.165, 1.54) is 0 Å². The minimum absolute atomic E-state index is 0.593. The minimum atomic E-state index is 0.593. The zero-order valence-corrected chi connectivity index (χ0v) is 11.7. The number of hydrogen-bond acceptors (Lipinski definition) is 5. The Morgan fingerprint density at radius 2 is 2.11 bits per heavy atom. The van der Waals surface area contributed by atoms with Gasteiger partial charge in [0.15, 0.2) is 0 Å². The predicted molar refractivity (Wildman–Crippen MR) is 77.4 cm³/mol. The Hall–Kier alpha value is -1.95. The van der Waals surface area contributed by atoms with Gasteiger partial charge in [0.25, 0.3) is 0 Å². The van der Waals surface area contributed by atoms with Gasteiger partial charge in [-0.05, 0) is 18.1 Å². The predicted octanol–water partition coefficient (Wildman–Crippen LogP) is 2.92. The molecule has 3 rings (SSSR count). The zero-order valence-electron chi connectivity index (χ0n) is 10.9. The molecule has 0 amide bonds. The molecule has 5 nitrogen and oxygen atoms in total. The molecule has 0 fully saturated rings. The molecule has 0 unspecified atom stereocenters. The highest BCUT2D eigenvalue weighted by Crippen LogP contribution is 2.25. The number of fused-ring (bicyclic) bond motifs is 1. The third-order valence-electron chi connectivity index (χ3n) is 2.72. The van der Waals surface area contributed by atoms with E-state index in [1.807, 2.05) is 22.8 Å². The fourth-order valence-electron chi connectivity index (χ4n) is 1.78. The molecule has 0 bridgehead atoms. The SMILES string of the molecule is CC(C)CNc1nn2c(-c3ccncc3)cnc2s1. The molecule has 0 saturated heterocycles. The molecule has 0 aliphatic carbocycles. The molecule has 0 spiro atoms. The Kier molecular flexibility index (Phi) is 3.16. The van der Waals surface area contributed by atoms with Crippen molar-refractivity contribution in [1.82, 2.24) is 19.6 Å². The van der Waals surface area contributed by atoms with Gasteiger partial charge < -0.3 is 5.32 Å². The van der Waals surface area contributed by atoms with Crippen molar-refractivity contribution in [3.63, 3.8) is 0 Å². The number of hydrogen-bond donors (Lipinski definition) is 1. The summed E-state index contributed by atoms with van der Waals surface area (Å²) < 4.78 is 1.88. The standard InChI is InChI=1S/C13H15N5S/c1-9(2)7-15-12-17-18-11(8-16-13(18)19-12)10-3-5-14-6-4-10/h3-6,8-9H,7H2,1-2H3,(H,15,17). The van der Waals surface area contributed by atoms with E-state index in [9.17, 15) is 0 Å². The lowest BCUT2D eigenvalue weighted by Gasteiger charge is -2.04. The van der Waals surface area contributed by atoms with Crippen molar-refractivity contribution in [1.29, 1.82) is 0 Å². The first-order chi connectivity index (χ1) is 9.24. The monoisotopic (exact) mass is 273 g/mol. The van der Waals surface area contributed by atoms with Gasteiger partial charge >= 0.3 is 0 Å². The van der Waals surface area contributed by atoms with E-state index in [1.54, 1.807) is 23.7 Å². The summed E-state index contributed by atoms with van der Waals surface area (Å²) >= 11 is 1.57. The van der Waals surface area contributed by atoms with E-state index in [4.69, 9.17) is 0 Å². The average Bonchev–Trinajstić information content (AvgIpc) is 2.96. The number of nitrogens with zero attached hydrogens (tertiary/aromatic N) is 4. The molecule has 0 aliphatic heterocycles. The average molecular weight is 273 g/mol. The lowest BCUT2D eigenvalue weighted by atomic mass is 10.2. The number of anilines is 1. The molecule has 0 aromatic carbocycles. The Labute approximate surface area is 115 Å². The van der Waals surface area contributed by atoms with Crippen LogP contribution in [0, 0.1) is 5.92 Å². The number of nitrogens with one attached hydrogen (secondary N) is 1. The van der Waals surface area contributed by atoms with Crippen molar-refractivity contribution in [2.45, 2.75) is 13.8 Å². The van der Waals surface area contributed by atoms with E-state index < -0.39 is 0 Å². The Balaban J connectivity index is 1.94. The molecule has 98 valence electrons. The molecular weight excluding hydrogens is 258 g/mol. The molecule has 0 saturated carbocycles. The van der Waals surface area contributed by atoms with E-state index in [0.717, 1.165) is 27.9 Å². The third kappa shape index (κ3) is 2.44. The Bertz CT molecular complexity index is 671. The molecule has 6 heteroatoms. The number of aromatic nitrogens is 4. The molecule has 0 radical (unpaired) electrons. The van der Waals surface area contributed by atoms with Gasteiger partial charge in [0.05, 0.1) is 11.9 Å². The van der Waals surface area contributed by atoms with Crippen LogP contribution >= 0.6 is 11.3 Å². The van der Waals surface area contributed by atoms with E-state index in [-0.39, 0.29) is 0 Å². The molecule has 0 aliphatic rings. The molecule has 3 aromatic rings. The number of pyridine rings is 1. The van der Waals surface area contributed by atoms with Crippen LogP contribution in [0.25, 0.3) is 16.2 Å². The third-order valence-corrected chi connectivity index (χ3v) is 3.60. The maximum absolute atomic E-state index is 4.56. The van der Waals surface area contributed by atoms with Crippen LogP contribution in [0.2, 0.25) is 0 Å². The lowest BCUT2D eigenvalue weighted by molar-refractivity contribution is 0.687. The first-order valence-corrected chi connectivity index (χ1v) is 7.04. The zero-order chi connectivity index (χ0) is 13.2. The van der Waals surface area contributed by atoms with Crippen molar-refractivity contribution in [2.24, 2.45) is 5.92 Å². The quantitative estimate of drug-likeness (QED) is 0.794. The second-order valence-corrected chi connectivity index (χ2v) is 5.71. The van der Waals surface area contributed by atoms with Crippen molar-refractivity contribution < 1.29 is 0 Å². The van der Waals surface area contributed by atoms with Gasteiger partial charge in [-0.25, -0.2) is 9.50 Å². The molecule has 3 aromatic heterocycles. The van der Waals surface area contributed by atoms with Crippen LogP contribution in [0.1, 0.15) is 13.8 Å². The summed E-state index contributed by atoms with van der Waals surface area (Å²) in [5, 5.41) is 8.80. The summed E-state index contributed by atoms with van der Waals surface area (Å²) in [6.07, 6.45) is 5.40. The number of imidazole rings is 1. The second-order valence-electron chi connectivity index (χ2n) is 4.76. The van der Waals surface area contributed by atoms with Crippen molar-refractivity contribution >= 4 is 21.4 Å². The molecular formula is C13H15N5S. The van der Waals surface area contributed by atoms with Crippen LogP contribution in [-0.4, -0.2) is 26.1 Å². The van der Waals surface area contributed by atoms with Crippen LogP contribution in [0.3, 0.4) is 0 Å². The lowest BCUT2D eigenvalue weighted by Crippen LogP contribution is -2.07. The summed E-state index contributed by atoms with van der Waals surface area (Å²) in [5.74, 6) is 0.593. The van der Waals surface area contributed by atoms with Crippen LogP contribution < -0.4 is 5.32 Å². The van der Waals surface area contributed by atoms with Crippen LogP contribution in [0.4, 0.5) is 5.13 Å². The van der Waals surface area contributed by atoms with Crippen molar-refractivity contribution in [3.05, 3.63) is 30.7 Å². The molecule has 3 heterocycles. The largest absolute Gasteiger partial charge is 0.360 e. The summed E-state index contributed by atoms with van der Waals surface area (Å²) in [5.41, 5.74) is 2.06. The highest BCUT2D eigenvalue weighted by atomic mass is 32.1. The Morgan fingerprint density at radius 3 is 2.84 bits per heavy atom. The normalized spacial score (nSPS) is 11.3. The van der Waals surface area contributed by atoms with Crippen LogP contribution in [0.15, 0.2) is 30.7 Å². The van der Waals surface area contributed by atoms with Gasteiger partial charge in [-0.2, -0.15) is 0 Å². The summed E-state index contributed by atoms with van der Waals surface area (Å²) in [6, 6.07) is 3.92. The maximum Gasteiger partial charge on any atom is 0.214 e. The van der Waals surface area contributed by atoms with Crippen LogP contribution in [-0.2, 0) is 0 Å². The smallest absolute Gasteiger partial charge is 0.214 e. The van der Waals surface area contributed by atoms with Crippen LogP contribution in [0.5, 0.6) is 0 Å². The fraction of sp³-hybridized carbons (Fsp3) is 0.308. The minimum Gasteiger partial charge on any atom is -0.360 e. The van der Waals surface area contributed by atoms with Crippen molar-refractivity contribution in [3.8, 4) is 11.3 Å². The highest BCUT2D eigenvalue weighted by molar-refractivity contribution is 7.20. The highest BCUT2D eigenvalue weighted by Gasteiger charge is 2.11. The van der Waals surface area contributed by atoms with Gasteiger partial charge in [-0.1, -0.05) is 25.2 Å². The topological polar surface area (TPSA) is 55.1 Å². The Morgan fingerprint density at radius 1 is 1.32 bits per heavy atom.